The largest absolute Gasteiger partial charge is 0.332 e. The SMILES string of the molecule is CCCn1c(=O)[nH]c2nc(-c3ccc(S(=O)(=O)O)cc3)[nH]c2c1=O.[K]. The van der Waals surface area contributed by atoms with Crippen molar-refractivity contribution >= 4 is 72.7 Å². The Balaban J connectivity index is 0.00000225. The van der Waals surface area contributed by atoms with Gasteiger partial charge in [0.2, 0.25) is 0 Å². The van der Waals surface area contributed by atoms with Gasteiger partial charge in [0, 0.05) is 63.5 Å². The van der Waals surface area contributed by atoms with E-state index in [-0.39, 0.29) is 67.4 Å². The van der Waals surface area contributed by atoms with Crippen LogP contribution in [0.3, 0.4) is 0 Å². The van der Waals surface area contributed by atoms with Crippen molar-refractivity contribution in [2.24, 2.45) is 0 Å². The van der Waals surface area contributed by atoms with Crippen molar-refractivity contribution in [2.45, 2.75) is 24.8 Å². The third kappa shape index (κ3) is 4.02. The summed E-state index contributed by atoms with van der Waals surface area (Å²) in [7, 11) is -4.28. The number of rotatable bonds is 4. The number of benzene rings is 1. The summed E-state index contributed by atoms with van der Waals surface area (Å²) in [5.41, 5.74) is -0.206. The van der Waals surface area contributed by atoms with Crippen molar-refractivity contribution in [2.75, 3.05) is 0 Å². The van der Waals surface area contributed by atoms with E-state index in [9.17, 15) is 18.0 Å². The van der Waals surface area contributed by atoms with Crippen molar-refractivity contribution in [1.29, 1.82) is 0 Å². The van der Waals surface area contributed by atoms with Crippen LogP contribution in [-0.2, 0) is 16.7 Å². The molecule has 9 nitrogen and oxygen atoms in total. The average molecular weight is 389 g/mol. The quantitative estimate of drug-likeness (QED) is 0.435. The molecule has 0 spiro atoms. The van der Waals surface area contributed by atoms with Gasteiger partial charge in [-0.05, 0) is 30.7 Å². The van der Waals surface area contributed by atoms with Gasteiger partial charge in [0.1, 0.15) is 11.3 Å². The van der Waals surface area contributed by atoms with Gasteiger partial charge in [-0.1, -0.05) is 6.92 Å². The summed E-state index contributed by atoms with van der Waals surface area (Å²) in [6.45, 7) is 2.15. The Morgan fingerprint density at radius 1 is 1.16 bits per heavy atom. The van der Waals surface area contributed by atoms with E-state index in [0.29, 0.717) is 24.4 Å². The summed E-state index contributed by atoms with van der Waals surface area (Å²) in [4.78, 5) is 33.5. The van der Waals surface area contributed by atoms with Crippen molar-refractivity contribution in [3.05, 3.63) is 45.1 Å². The van der Waals surface area contributed by atoms with Crippen LogP contribution in [0.5, 0.6) is 0 Å². The van der Waals surface area contributed by atoms with Crippen LogP contribution < -0.4 is 11.2 Å². The Labute approximate surface area is 184 Å². The molecule has 2 aromatic heterocycles. The minimum Gasteiger partial charge on any atom is -0.332 e. The number of nitrogens with one attached hydrogen (secondary N) is 2. The summed E-state index contributed by atoms with van der Waals surface area (Å²) >= 11 is 0. The number of H-pyrrole nitrogens is 2. The topological polar surface area (TPSA) is 138 Å². The van der Waals surface area contributed by atoms with E-state index < -0.39 is 21.4 Å². The number of hydrogen-bond donors (Lipinski definition) is 3. The van der Waals surface area contributed by atoms with E-state index in [2.05, 4.69) is 15.0 Å². The molecule has 0 saturated carbocycles. The number of aromatic amines is 2. The van der Waals surface area contributed by atoms with Crippen LogP contribution in [0.4, 0.5) is 0 Å². The maximum atomic E-state index is 12.3. The zero-order chi connectivity index (χ0) is 17.5. The third-order valence-corrected chi connectivity index (χ3v) is 4.37. The second-order valence-electron chi connectivity index (χ2n) is 5.20. The monoisotopic (exact) mass is 389 g/mol. The summed E-state index contributed by atoms with van der Waals surface area (Å²) in [6.07, 6.45) is 0.632. The standard InChI is InChI=1S/C14H14N4O5S.K/c1-2-7-18-13(19)10-12(17-14(18)20)16-11(15-10)8-3-5-9(6-4-8)24(21,22)23;/h3-6H,2,7H2,1H3,(H,15,16)(H,17,20)(H,21,22,23);. The fraction of sp³-hybridized carbons (Fsp3) is 0.214. The van der Waals surface area contributed by atoms with Gasteiger partial charge >= 0.3 is 5.69 Å². The Kier molecular flexibility index (Phi) is 6.20. The second-order valence-corrected chi connectivity index (χ2v) is 6.62. The summed E-state index contributed by atoms with van der Waals surface area (Å²) in [6, 6.07) is 5.30. The summed E-state index contributed by atoms with van der Waals surface area (Å²) < 4.78 is 32.2. The van der Waals surface area contributed by atoms with Gasteiger partial charge in [-0.25, -0.2) is 9.78 Å². The molecule has 0 amide bonds. The molecule has 3 N–H and O–H groups in total. The Morgan fingerprint density at radius 2 is 1.80 bits per heavy atom. The van der Waals surface area contributed by atoms with Crippen LogP contribution in [0.25, 0.3) is 22.6 Å². The second kappa shape index (κ2) is 7.66. The van der Waals surface area contributed by atoms with Gasteiger partial charge in [0.25, 0.3) is 15.7 Å². The normalized spacial score (nSPS) is 11.4. The molecule has 25 heavy (non-hydrogen) atoms. The van der Waals surface area contributed by atoms with E-state index in [4.69, 9.17) is 4.55 Å². The van der Waals surface area contributed by atoms with E-state index in [1.54, 1.807) is 0 Å². The number of nitrogens with zero attached hydrogens (tertiary/aromatic N) is 2. The van der Waals surface area contributed by atoms with Crippen LogP contribution in [0.1, 0.15) is 13.3 Å². The van der Waals surface area contributed by atoms with Gasteiger partial charge in [-0.3, -0.25) is 18.9 Å². The zero-order valence-corrected chi connectivity index (χ0v) is 17.5. The summed E-state index contributed by atoms with van der Waals surface area (Å²) in [5.74, 6) is 0.300. The van der Waals surface area contributed by atoms with Gasteiger partial charge in [-0.2, -0.15) is 8.42 Å². The van der Waals surface area contributed by atoms with Crippen LogP contribution in [0.15, 0.2) is 38.8 Å². The van der Waals surface area contributed by atoms with E-state index in [0.717, 1.165) is 4.57 Å². The number of hydrogen-bond acceptors (Lipinski definition) is 5. The molecule has 0 aliphatic heterocycles. The molecule has 0 bridgehead atoms. The molecule has 127 valence electrons. The molecule has 1 aromatic carbocycles. The van der Waals surface area contributed by atoms with E-state index in [1.807, 2.05) is 6.92 Å². The summed E-state index contributed by atoms with van der Waals surface area (Å²) in [5, 5.41) is 0. The van der Waals surface area contributed by atoms with E-state index >= 15 is 0 Å². The molecular formula is C14H14KN4O5S. The van der Waals surface area contributed by atoms with Gasteiger partial charge in [0.05, 0.1) is 4.90 Å². The first-order valence-corrected chi connectivity index (χ1v) is 8.56. The van der Waals surface area contributed by atoms with Crippen molar-refractivity contribution < 1.29 is 13.0 Å². The molecule has 3 rings (SSSR count). The molecule has 2 heterocycles. The zero-order valence-electron chi connectivity index (χ0n) is 13.6. The van der Waals surface area contributed by atoms with Crippen LogP contribution in [0.2, 0.25) is 0 Å². The fourth-order valence-corrected chi connectivity index (χ4v) is 2.84. The van der Waals surface area contributed by atoms with E-state index in [1.165, 1.54) is 24.3 Å². The maximum absolute atomic E-state index is 12.3. The van der Waals surface area contributed by atoms with Gasteiger partial charge in [0.15, 0.2) is 5.65 Å². The minimum atomic E-state index is -4.28. The number of aromatic nitrogens is 4. The van der Waals surface area contributed by atoms with Crippen molar-refractivity contribution in [3.8, 4) is 11.4 Å². The Bertz CT molecular complexity index is 1130. The molecule has 0 aliphatic rings. The van der Waals surface area contributed by atoms with Gasteiger partial charge in [-0.15, -0.1) is 0 Å². The number of imidazole rings is 1. The van der Waals surface area contributed by atoms with Gasteiger partial charge < -0.3 is 4.98 Å². The first-order chi connectivity index (χ1) is 11.3. The molecular weight excluding hydrogens is 375 g/mol. The molecule has 0 aliphatic carbocycles. The third-order valence-electron chi connectivity index (χ3n) is 3.51. The molecule has 1 radical (unpaired) electrons. The fourth-order valence-electron chi connectivity index (χ4n) is 2.36. The van der Waals surface area contributed by atoms with Crippen molar-refractivity contribution in [1.82, 2.24) is 19.5 Å². The Hall–Kier alpha value is -1.08. The molecule has 11 heteroatoms. The smallest absolute Gasteiger partial charge is 0.330 e. The molecule has 0 unspecified atom stereocenters. The molecule has 0 saturated heterocycles. The Morgan fingerprint density at radius 3 is 2.36 bits per heavy atom. The number of fused-ring (bicyclic) bond motifs is 1. The van der Waals surface area contributed by atoms with Crippen LogP contribution in [-0.4, -0.2) is 83.9 Å². The van der Waals surface area contributed by atoms with Crippen LogP contribution >= 0.6 is 0 Å². The van der Waals surface area contributed by atoms with Crippen LogP contribution in [0, 0.1) is 0 Å². The molecule has 0 fully saturated rings. The van der Waals surface area contributed by atoms with Crippen molar-refractivity contribution in [3.63, 3.8) is 0 Å². The minimum absolute atomic E-state index is 0. The molecule has 3 aromatic rings. The first kappa shape index (κ1) is 20.2. The average Bonchev–Trinajstić information content (AvgIpc) is 2.95. The predicted octanol–water partition coefficient (Wildman–Crippen LogP) is 0.356. The maximum Gasteiger partial charge on any atom is 0.330 e. The first-order valence-electron chi connectivity index (χ1n) is 7.12. The molecule has 0 atom stereocenters. The predicted molar refractivity (Wildman–Crippen MR) is 92.3 cm³/mol.